The van der Waals surface area contributed by atoms with Crippen LogP contribution in [-0.4, -0.2) is 23.6 Å². The molecule has 2 rings (SSSR count). The SMILES string of the molecule is CC(CCc1ccc2c(c1)NC(=O)CO2)C(=O)O. The highest BCUT2D eigenvalue weighted by atomic mass is 16.5. The molecule has 0 bridgehead atoms. The molecule has 1 aliphatic rings. The van der Waals surface area contributed by atoms with Crippen molar-refractivity contribution in [2.45, 2.75) is 19.8 Å². The first-order valence-corrected chi connectivity index (χ1v) is 5.84. The van der Waals surface area contributed by atoms with Crippen molar-refractivity contribution in [2.24, 2.45) is 5.92 Å². The summed E-state index contributed by atoms with van der Waals surface area (Å²) >= 11 is 0. The second kappa shape index (κ2) is 5.08. The number of anilines is 1. The second-order valence-corrected chi connectivity index (χ2v) is 4.45. The number of amides is 1. The highest BCUT2D eigenvalue weighted by molar-refractivity contribution is 5.95. The predicted molar refractivity (Wildman–Crippen MR) is 65.7 cm³/mol. The Bertz CT molecular complexity index is 484. The molecule has 0 radical (unpaired) electrons. The summed E-state index contributed by atoms with van der Waals surface area (Å²) in [5, 5.41) is 11.5. The van der Waals surface area contributed by atoms with Crippen LogP contribution >= 0.6 is 0 Å². The maximum absolute atomic E-state index is 11.2. The van der Waals surface area contributed by atoms with Gasteiger partial charge in [0.05, 0.1) is 11.6 Å². The quantitative estimate of drug-likeness (QED) is 0.851. The van der Waals surface area contributed by atoms with E-state index in [9.17, 15) is 9.59 Å². The number of ether oxygens (including phenoxy) is 1. The lowest BCUT2D eigenvalue weighted by Gasteiger charge is -2.18. The number of aliphatic carboxylic acids is 1. The monoisotopic (exact) mass is 249 g/mol. The third kappa shape index (κ3) is 2.80. The molecule has 96 valence electrons. The molecule has 0 saturated carbocycles. The molecular weight excluding hydrogens is 234 g/mol. The first kappa shape index (κ1) is 12.4. The molecular formula is C13H15NO4. The number of carboxylic acids is 1. The normalized spacial score (nSPS) is 15.3. The van der Waals surface area contributed by atoms with Crippen LogP contribution < -0.4 is 10.1 Å². The highest BCUT2D eigenvalue weighted by Crippen LogP contribution is 2.29. The third-order valence-corrected chi connectivity index (χ3v) is 2.96. The number of benzene rings is 1. The van der Waals surface area contributed by atoms with Crippen molar-refractivity contribution in [1.82, 2.24) is 0 Å². The van der Waals surface area contributed by atoms with E-state index < -0.39 is 5.97 Å². The molecule has 1 amide bonds. The molecule has 1 heterocycles. The Hall–Kier alpha value is -2.04. The zero-order valence-corrected chi connectivity index (χ0v) is 10.1. The minimum absolute atomic E-state index is 0.0440. The molecule has 2 N–H and O–H groups in total. The Morgan fingerprint density at radius 3 is 3.06 bits per heavy atom. The largest absolute Gasteiger partial charge is 0.482 e. The van der Waals surface area contributed by atoms with Crippen LogP contribution in [0.15, 0.2) is 18.2 Å². The Labute approximate surface area is 105 Å². The van der Waals surface area contributed by atoms with Gasteiger partial charge in [0.1, 0.15) is 5.75 Å². The zero-order chi connectivity index (χ0) is 13.1. The van der Waals surface area contributed by atoms with Gasteiger partial charge in [-0.25, -0.2) is 0 Å². The van der Waals surface area contributed by atoms with Gasteiger partial charge >= 0.3 is 5.97 Å². The molecule has 1 unspecified atom stereocenters. The van der Waals surface area contributed by atoms with E-state index in [4.69, 9.17) is 9.84 Å². The van der Waals surface area contributed by atoms with Crippen molar-refractivity contribution in [3.63, 3.8) is 0 Å². The Kier molecular flexibility index (Phi) is 3.50. The fourth-order valence-corrected chi connectivity index (χ4v) is 1.79. The van der Waals surface area contributed by atoms with Crippen LogP contribution in [0.5, 0.6) is 5.75 Å². The van der Waals surface area contributed by atoms with Crippen LogP contribution in [0.25, 0.3) is 0 Å². The average Bonchev–Trinajstić information content (AvgIpc) is 2.35. The number of hydrogen-bond donors (Lipinski definition) is 2. The maximum Gasteiger partial charge on any atom is 0.306 e. The average molecular weight is 249 g/mol. The van der Waals surface area contributed by atoms with Gasteiger partial charge in [-0.05, 0) is 30.5 Å². The number of carbonyl (C=O) groups is 2. The van der Waals surface area contributed by atoms with E-state index in [-0.39, 0.29) is 18.4 Å². The summed E-state index contributed by atoms with van der Waals surface area (Å²) in [7, 11) is 0. The van der Waals surface area contributed by atoms with Gasteiger partial charge in [-0.1, -0.05) is 13.0 Å². The Morgan fingerprint density at radius 1 is 1.56 bits per heavy atom. The van der Waals surface area contributed by atoms with Gasteiger partial charge in [0.15, 0.2) is 6.61 Å². The van der Waals surface area contributed by atoms with Gasteiger partial charge in [-0.2, -0.15) is 0 Å². The number of fused-ring (bicyclic) bond motifs is 1. The summed E-state index contributed by atoms with van der Waals surface area (Å²) in [6.07, 6.45) is 1.24. The van der Waals surface area contributed by atoms with Crippen LogP contribution in [0.2, 0.25) is 0 Å². The van der Waals surface area contributed by atoms with Gasteiger partial charge in [-0.15, -0.1) is 0 Å². The highest BCUT2D eigenvalue weighted by Gasteiger charge is 2.16. The van der Waals surface area contributed by atoms with E-state index >= 15 is 0 Å². The Balaban J connectivity index is 2.04. The van der Waals surface area contributed by atoms with Crippen LogP contribution in [-0.2, 0) is 16.0 Å². The molecule has 0 saturated heterocycles. The summed E-state index contributed by atoms with van der Waals surface area (Å²) in [6.45, 7) is 1.73. The van der Waals surface area contributed by atoms with Crippen LogP contribution in [0.1, 0.15) is 18.9 Å². The van der Waals surface area contributed by atoms with Crippen LogP contribution in [0, 0.1) is 5.92 Å². The van der Waals surface area contributed by atoms with E-state index in [0.717, 1.165) is 5.56 Å². The summed E-state index contributed by atoms with van der Waals surface area (Å²) in [5.74, 6) is -0.667. The molecule has 0 spiro atoms. The van der Waals surface area contributed by atoms with Gasteiger partial charge in [0.2, 0.25) is 0 Å². The smallest absolute Gasteiger partial charge is 0.306 e. The van der Waals surface area contributed by atoms with E-state index in [2.05, 4.69) is 5.32 Å². The van der Waals surface area contributed by atoms with E-state index in [1.165, 1.54) is 0 Å². The molecule has 5 heteroatoms. The molecule has 0 aromatic heterocycles. The predicted octanol–water partition coefficient (Wildman–Crippen LogP) is 1.67. The number of rotatable bonds is 4. The maximum atomic E-state index is 11.2. The summed E-state index contributed by atoms with van der Waals surface area (Å²) in [4.78, 5) is 21.9. The number of carboxylic acid groups (broad SMARTS) is 1. The molecule has 5 nitrogen and oxygen atoms in total. The molecule has 0 aliphatic carbocycles. The first-order valence-electron chi connectivity index (χ1n) is 5.84. The molecule has 1 aliphatic heterocycles. The first-order chi connectivity index (χ1) is 8.56. The molecule has 18 heavy (non-hydrogen) atoms. The molecule has 0 fully saturated rings. The Morgan fingerprint density at radius 2 is 2.33 bits per heavy atom. The fraction of sp³-hybridized carbons (Fsp3) is 0.385. The lowest BCUT2D eigenvalue weighted by Crippen LogP contribution is -2.25. The van der Waals surface area contributed by atoms with E-state index in [0.29, 0.717) is 24.3 Å². The minimum atomic E-state index is -0.787. The van der Waals surface area contributed by atoms with Crippen molar-refractivity contribution < 1.29 is 19.4 Å². The van der Waals surface area contributed by atoms with Crippen molar-refractivity contribution in [3.05, 3.63) is 23.8 Å². The van der Waals surface area contributed by atoms with Crippen LogP contribution in [0.3, 0.4) is 0 Å². The molecule has 1 atom stereocenters. The van der Waals surface area contributed by atoms with Crippen LogP contribution in [0.4, 0.5) is 5.69 Å². The van der Waals surface area contributed by atoms with Gasteiger partial charge in [-0.3, -0.25) is 9.59 Å². The minimum Gasteiger partial charge on any atom is -0.482 e. The molecule has 1 aromatic rings. The summed E-state index contributed by atoms with van der Waals surface area (Å²) in [6, 6.07) is 5.53. The lowest BCUT2D eigenvalue weighted by atomic mass is 10.0. The third-order valence-electron chi connectivity index (χ3n) is 2.96. The summed E-state index contributed by atoms with van der Waals surface area (Å²) < 4.78 is 5.25. The van der Waals surface area contributed by atoms with E-state index in [1.807, 2.05) is 12.1 Å². The fourth-order valence-electron chi connectivity index (χ4n) is 1.79. The second-order valence-electron chi connectivity index (χ2n) is 4.45. The van der Waals surface area contributed by atoms with Crippen molar-refractivity contribution in [3.8, 4) is 5.75 Å². The molecule has 1 aromatic carbocycles. The number of aryl methyl sites for hydroxylation is 1. The topological polar surface area (TPSA) is 75.6 Å². The number of hydrogen-bond acceptors (Lipinski definition) is 3. The van der Waals surface area contributed by atoms with Crippen molar-refractivity contribution in [2.75, 3.05) is 11.9 Å². The van der Waals surface area contributed by atoms with Gasteiger partial charge < -0.3 is 15.2 Å². The van der Waals surface area contributed by atoms with Gasteiger partial charge in [0.25, 0.3) is 5.91 Å². The van der Waals surface area contributed by atoms with E-state index in [1.54, 1.807) is 13.0 Å². The number of carbonyl (C=O) groups excluding carboxylic acids is 1. The van der Waals surface area contributed by atoms with Crippen molar-refractivity contribution in [1.29, 1.82) is 0 Å². The zero-order valence-electron chi connectivity index (χ0n) is 10.1. The van der Waals surface area contributed by atoms with Gasteiger partial charge in [0, 0.05) is 0 Å². The standard InChI is InChI=1S/C13H15NO4/c1-8(13(16)17)2-3-9-4-5-11-10(6-9)14-12(15)7-18-11/h4-6,8H,2-3,7H2,1H3,(H,14,15)(H,16,17). The number of nitrogens with one attached hydrogen (secondary N) is 1. The lowest BCUT2D eigenvalue weighted by molar-refractivity contribution is -0.141. The van der Waals surface area contributed by atoms with Crippen molar-refractivity contribution >= 4 is 17.6 Å². The summed E-state index contributed by atoms with van der Waals surface area (Å²) in [5.41, 5.74) is 1.65.